The van der Waals surface area contributed by atoms with Crippen molar-refractivity contribution in [2.45, 2.75) is 58.7 Å². The number of ether oxygens (including phenoxy) is 1. The monoisotopic (exact) mass is 430 g/mol. The van der Waals surface area contributed by atoms with E-state index in [9.17, 15) is 9.18 Å². The summed E-state index contributed by atoms with van der Waals surface area (Å²) >= 11 is 0. The Hall–Kier alpha value is -2.48. The molecule has 2 aromatic rings. The van der Waals surface area contributed by atoms with Gasteiger partial charge < -0.3 is 19.1 Å². The van der Waals surface area contributed by atoms with E-state index in [4.69, 9.17) is 9.26 Å². The molecule has 4 rings (SSSR count). The first-order valence-corrected chi connectivity index (χ1v) is 11.1. The highest BCUT2D eigenvalue weighted by Crippen LogP contribution is 2.31. The van der Waals surface area contributed by atoms with Crippen molar-refractivity contribution in [3.8, 4) is 11.5 Å². The van der Waals surface area contributed by atoms with E-state index in [1.807, 2.05) is 37.5 Å². The second-order valence-electron chi connectivity index (χ2n) is 9.04. The Balaban J connectivity index is 1.48. The van der Waals surface area contributed by atoms with Crippen LogP contribution in [0.15, 0.2) is 22.7 Å². The van der Waals surface area contributed by atoms with E-state index >= 15 is 0 Å². The number of likely N-dealkylation sites (tertiary alicyclic amines) is 1. The molecule has 31 heavy (non-hydrogen) atoms. The van der Waals surface area contributed by atoms with Gasteiger partial charge in [0.05, 0.1) is 17.9 Å². The van der Waals surface area contributed by atoms with Gasteiger partial charge in [-0.05, 0) is 44.9 Å². The minimum Gasteiger partial charge on any atom is -0.372 e. The van der Waals surface area contributed by atoms with Gasteiger partial charge in [-0.25, -0.2) is 4.39 Å². The molecule has 1 amide bonds. The molecule has 1 aromatic carbocycles. The van der Waals surface area contributed by atoms with Crippen molar-refractivity contribution in [3.63, 3.8) is 0 Å². The van der Waals surface area contributed by atoms with Crippen molar-refractivity contribution in [3.05, 3.63) is 29.8 Å². The fourth-order valence-electron chi connectivity index (χ4n) is 4.50. The van der Waals surface area contributed by atoms with E-state index in [-0.39, 0.29) is 35.8 Å². The smallest absolute Gasteiger partial charge is 0.258 e. The van der Waals surface area contributed by atoms with Crippen LogP contribution in [-0.4, -0.2) is 59.3 Å². The first-order chi connectivity index (χ1) is 14.8. The molecule has 0 aliphatic carbocycles. The van der Waals surface area contributed by atoms with Crippen LogP contribution in [0.3, 0.4) is 0 Å². The molecule has 3 heterocycles. The summed E-state index contributed by atoms with van der Waals surface area (Å²) < 4.78 is 25.9. The lowest BCUT2D eigenvalue weighted by atomic mass is 9.95. The Bertz CT molecular complexity index is 913. The molecular weight excluding hydrogens is 399 g/mol. The van der Waals surface area contributed by atoms with Crippen LogP contribution in [0.1, 0.15) is 52.3 Å². The van der Waals surface area contributed by atoms with E-state index in [0.717, 1.165) is 12.8 Å². The maximum Gasteiger partial charge on any atom is 0.258 e. The van der Waals surface area contributed by atoms with Gasteiger partial charge in [-0.3, -0.25) is 4.79 Å². The lowest BCUT2D eigenvalue weighted by molar-refractivity contribution is -0.135. The zero-order valence-corrected chi connectivity index (χ0v) is 18.7. The molecule has 0 N–H and O–H groups in total. The zero-order valence-electron chi connectivity index (χ0n) is 18.7. The highest BCUT2D eigenvalue weighted by molar-refractivity contribution is 5.78. The third-order valence-corrected chi connectivity index (χ3v) is 6.06. The number of piperidine rings is 1. The van der Waals surface area contributed by atoms with Crippen LogP contribution < -0.4 is 4.90 Å². The molecular formula is C23H31FN4O3. The third-order valence-electron chi connectivity index (χ3n) is 6.06. The van der Waals surface area contributed by atoms with Gasteiger partial charge in [-0.1, -0.05) is 19.0 Å². The largest absolute Gasteiger partial charge is 0.372 e. The van der Waals surface area contributed by atoms with Crippen LogP contribution in [0, 0.1) is 11.7 Å². The number of rotatable bonds is 4. The topological polar surface area (TPSA) is 71.7 Å². The van der Waals surface area contributed by atoms with E-state index in [2.05, 4.69) is 10.1 Å². The molecule has 0 bridgehead atoms. The molecule has 2 aliphatic heterocycles. The molecule has 7 nitrogen and oxygen atoms in total. The molecule has 0 radical (unpaired) electrons. The summed E-state index contributed by atoms with van der Waals surface area (Å²) in [4.78, 5) is 20.7. The van der Waals surface area contributed by atoms with E-state index in [0.29, 0.717) is 49.1 Å². The molecule has 1 aromatic heterocycles. The number of hydrogen-bond donors (Lipinski definition) is 0. The number of halogens is 1. The average molecular weight is 431 g/mol. The molecule has 2 aliphatic rings. The lowest BCUT2D eigenvalue weighted by Gasteiger charge is -2.37. The van der Waals surface area contributed by atoms with Crippen molar-refractivity contribution in [1.29, 1.82) is 0 Å². The lowest BCUT2D eigenvalue weighted by Crippen LogP contribution is -2.45. The molecule has 0 spiro atoms. The average Bonchev–Trinajstić information content (AvgIpc) is 3.23. The van der Waals surface area contributed by atoms with Gasteiger partial charge in [0.1, 0.15) is 5.82 Å². The van der Waals surface area contributed by atoms with Gasteiger partial charge in [0.2, 0.25) is 5.91 Å². The van der Waals surface area contributed by atoms with Crippen LogP contribution in [0.5, 0.6) is 0 Å². The predicted octanol–water partition coefficient (Wildman–Crippen LogP) is 3.85. The van der Waals surface area contributed by atoms with Gasteiger partial charge in [-0.2, -0.15) is 4.98 Å². The second kappa shape index (κ2) is 8.94. The summed E-state index contributed by atoms with van der Waals surface area (Å²) in [6, 6.07) is 4.91. The molecule has 2 saturated heterocycles. The number of hydrogen-bond acceptors (Lipinski definition) is 6. The van der Waals surface area contributed by atoms with E-state index < -0.39 is 0 Å². The third kappa shape index (κ3) is 4.74. The number of amides is 1. The summed E-state index contributed by atoms with van der Waals surface area (Å²) in [6.45, 7) is 10.5. The highest BCUT2D eigenvalue weighted by atomic mass is 19.1. The Kier molecular flexibility index (Phi) is 6.27. The Morgan fingerprint density at radius 2 is 1.84 bits per heavy atom. The minimum absolute atomic E-state index is 0.0124. The van der Waals surface area contributed by atoms with Gasteiger partial charge in [0.15, 0.2) is 5.82 Å². The van der Waals surface area contributed by atoms with Crippen LogP contribution in [0.4, 0.5) is 10.1 Å². The van der Waals surface area contributed by atoms with Crippen LogP contribution in [-0.2, 0) is 9.53 Å². The zero-order chi connectivity index (χ0) is 22.1. The first-order valence-electron chi connectivity index (χ1n) is 11.1. The molecule has 2 unspecified atom stereocenters. The molecule has 2 atom stereocenters. The number of aromatic nitrogens is 2. The minimum atomic E-state index is -0.271. The summed E-state index contributed by atoms with van der Waals surface area (Å²) in [7, 11) is 0. The summed E-state index contributed by atoms with van der Waals surface area (Å²) in [6.07, 6.45) is 1.70. The van der Waals surface area contributed by atoms with Crippen molar-refractivity contribution >= 4 is 11.6 Å². The van der Waals surface area contributed by atoms with E-state index in [1.54, 1.807) is 12.1 Å². The highest BCUT2D eigenvalue weighted by Gasteiger charge is 2.29. The Labute approximate surface area is 182 Å². The van der Waals surface area contributed by atoms with Crippen molar-refractivity contribution in [2.24, 2.45) is 5.92 Å². The van der Waals surface area contributed by atoms with Crippen LogP contribution >= 0.6 is 0 Å². The maximum atomic E-state index is 14.6. The van der Waals surface area contributed by atoms with Gasteiger partial charge >= 0.3 is 0 Å². The van der Waals surface area contributed by atoms with Crippen LogP contribution in [0.2, 0.25) is 0 Å². The van der Waals surface area contributed by atoms with Crippen LogP contribution in [0.25, 0.3) is 11.5 Å². The summed E-state index contributed by atoms with van der Waals surface area (Å²) in [5, 5.41) is 4.19. The van der Waals surface area contributed by atoms with Crippen molar-refractivity contribution < 1.29 is 18.4 Å². The summed E-state index contributed by atoms with van der Waals surface area (Å²) in [5.41, 5.74) is 1.23. The van der Waals surface area contributed by atoms with E-state index in [1.165, 1.54) is 6.07 Å². The molecule has 2 fully saturated rings. The van der Waals surface area contributed by atoms with Gasteiger partial charge in [-0.15, -0.1) is 0 Å². The fraction of sp³-hybridized carbons (Fsp3) is 0.609. The number of carbonyl (C=O) groups is 1. The number of nitrogens with zero attached hydrogens (tertiary/aromatic N) is 4. The predicted molar refractivity (Wildman–Crippen MR) is 115 cm³/mol. The first kappa shape index (κ1) is 21.7. The number of benzene rings is 1. The molecule has 0 saturated carbocycles. The van der Waals surface area contributed by atoms with Gasteiger partial charge in [0, 0.05) is 43.6 Å². The second-order valence-corrected chi connectivity index (χ2v) is 9.04. The molecule has 8 heteroatoms. The Morgan fingerprint density at radius 1 is 1.16 bits per heavy atom. The number of carbonyl (C=O) groups excluding carboxylic acids is 1. The SMILES string of the molecule is CC1CN(c2cc(-c3nc(C4CCN(C(=O)C(C)C)CC4)no3)ccc2F)CC(C)O1. The quantitative estimate of drug-likeness (QED) is 0.734. The number of morpholine rings is 1. The number of anilines is 1. The van der Waals surface area contributed by atoms with Gasteiger partial charge in [0.25, 0.3) is 5.89 Å². The normalized spacial score (nSPS) is 22.9. The molecule has 168 valence electrons. The standard InChI is InChI=1S/C23H31FN4O3/c1-14(2)23(29)27-9-7-17(8-10-27)21-25-22(31-26-21)18-5-6-19(24)20(11-18)28-12-15(3)30-16(4)13-28/h5-6,11,14-17H,7-10,12-13H2,1-4H3. The van der Waals surface area contributed by atoms with Crippen molar-refractivity contribution in [1.82, 2.24) is 15.0 Å². The summed E-state index contributed by atoms with van der Waals surface area (Å²) in [5.74, 6) is 1.15. The van der Waals surface area contributed by atoms with Crippen molar-refractivity contribution in [2.75, 3.05) is 31.1 Å². The maximum absolute atomic E-state index is 14.6. The Morgan fingerprint density at radius 3 is 2.48 bits per heavy atom. The fourth-order valence-corrected chi connectivity index (χ4v) is 4.50.